The highest BCUT2D eigenvalue weighted by Gasteiger charge is 2.23. The molecule has 1 aliphatic rings. The lowest BCUT2D eigenvalue weighted by Gasteiger charge is -2.24. The molecule has 0 aliphatic carbocycles. The summed E-state index contributed by atoms with van der Waals surface area (Å²) in [5.41, 5.74) is 1.70. The van der Waals surface area contributed by atoms with Crippen LogP contribution in [0.5, 0.6) is 28.7 Å². The molecule has 0 saturated carbocycles. The molecule has 2 aromatic rings. The van der Waals surface area contributed by atoms with Crippen LogP contribution in [0.1, 0.15) is 37.4 Å². The zero-order chi connectivity index (χ0) is 22.4. The van der Waals surface area contributed by atoms with Crippen molar-refractivity contribution in [2.75, 3.05) is 34.5 Å². The maximum atomic E-state index is 13.0. The third kappa shape index (κ3) is 5.16. The second-order valence-corrected chi connectivity index (χ2v) is 7.72. The van der Waals surface area contributed by atoms with Crippen molar-refractivity contribution in [1.82, 2.24) is 5.32 Å². The fourth-order valence-electron chi connectivity index (χ4n) is 3.71. The van der Waals surface area contributed by atoms with Crippen LogP contribution in [-0.4, -0.2) is 40.5 Å². The van der Waals surface area contributed by atoms with Crippen molar-refractivity contribution in [3.8, 4) is 28.7 Å². The summed E-state index contributed by atoms with van der Waals surface area (Å²) >= 11 is 0. The average Bonchev–Trinajstić information content (AvgIpc) is 3.01. The van der Waals surface area contributed by atoms with Gasteiger partial charge in [0.05, 0.1) is 47.0 Å². The summed E-state index contributed by atoms with van der Waals surface area (Å²) in [7, 11) is 4.66. The molecule has 0 saturated heterocycles. The number of methoxy groups -OCH3 is 3. The highest BCUT2D eigenvalue weighted by atomic mass is 16.5. The van der Waals surface area contributed by atoms with Gasteiger partial charge in [0.25, 0.3) is 0 Å². The van der Waals surface area contributed by atoms with Crippen LogP contribution in [0, 0.1) is 5.92 Å². The van der Waals surface area contributed by atoms with Gasteiger partial charge >= 0.3 is 0 Å². The van der Waals surface area contributed by atoms with E-state index in [1.165, 1.54) is 0 Å². The van der Waals surface area contributed by atoms with E-state index in [0.717, 1.165) is 29.0 Å². The third-order valence-corrected chi connectivity index (χ3v) is 5.25. The maximum absolute atomic E-state index is 13.0. The molecule has 1 unspecified atom stereocenters. The van der Waals surface area contributed by atoms with Crippen molar-refractivity contribution in [1.29, 1.82) is 0 Å². The fraction of sp³-hybridized carbons (Fsp3) is 0.458. The summed E-state index contributed by atoms with van der Waals surface area (Å²) in [5.74, 6) is 3.04. The summed E-state index contributed by atoms with van der Waals surface area (Å²) in [6.07, 6.45) is 0.999. The minimum absolute atomic E-state index is 0.115. The lowest BCUT2D eigenvalue weighted by molar-refractivity contribution is -0.121. The molecule has 168 valence electrons. The summed E-state index contributed by atoms with van der Waals surface area (Å²) in [6, 6.07) is 9.27. The first-order valence-electron chi connectivity index (χ1n) is 10.4. The average molecular weight is 430 g/mol. The van der Waals surface area contributed by atoms with E-state index in [9.17, 15) is 4.79 Å². The van der Waals surface area contributed by atoms with Gasteiger partial charge in [-0.05, 0) is 29.7 Å². The molecule has 7 heteroatoms. The molecule has 0 aromatic heterocycles. The molecule has 0 spiro atoms. The Balaban J connectivity index is 1.80. The monoisotopic (exact) mass is 429 g/mol. The predicted octanol–water partition coefficient (Wildman–Crippen LogP) is 3.93. The standard InChI is InChI=1S/C24H31NO6/c1-15(2)22(16-7-9-18-20(13-16)31-12-6-11-30-18)25-21(26)14-17-8-10-19(27-3)24(29-5)23(17)28-4/h7-10,13,15,22H,6,11-12,14H2,1-5H3,(H,25,26). The number of amides is 1. The normalized spacial score (nSPS) is 13.9. The maximum Gasteiger partial charge on any atom is 0.225 e. The van der Waals surface area contributed by atoms with Crippen LogP contribution in [0.4, 0.5) is 0 Å². The van der Waals surface area contributed by atoms with E-state index in [0.29, 0.717) is 30.5 Å². The summed E-state index contributed by atoms with van der Waals surface area (Å²) in [6.45, 7) is 5.41. The molecule has 0 bridgehead atoms. The molecule has 7 nitrogen and oxygen atoms in total. The van der Waals surface area contributed by atoms with Crippen LogP contribution in [0.2, 0.25) is 0 Å². The number of hydrogen-bond acceptors (Lipinski definition) is 6. The van der Waals surface area contributed by atoms with Crippen LogP contribution in [-0.2, 0) is 11.2 Å². The molecule has 1 amide bonds. The molecule has 2 aromatic carbocycles. The summed E-state index contributed by atoms with van der Waals surface area (Å²) in [4.78, 5) is 13.0. The first-order chi connectivity index (χ1) is 15.0. The zero-order valence-corrected chi connectivity index (χ0v) is 18.8. The van der Waals surface area contributed by atoms with Crippen LogP contribution in [0.3, 0.4) is 0 Å². The van der Waals surface area contributed by atoms with Gasteiger partial charge in [0, 0.05) is 12.0 Å². The Morgan fingerprint density at radius 3 is 2.32 bits per heavy atom. The van der Waals surface area contributed by atoms with Crippen LogP contribution < -0.4 is 29.0 Å². The molecule has 3 rings (SSSR count). The summed E-state index contributed by atoms with van der Waals surface area (Å²) < 4.78 is 27.8. The molecule has 1 atom stereocenters. The van der Waals surface area contributed by atoms with Crippen molar-refractivity contribution in [2.24, 2.45) is 5.92 Å². The second-order valence-electron chi connectivity index (χ2n) is 7.72. The molecule has 0 fully saturated rings. The van der Waals surface area contributed by atoms with Crippen molar-refractivity contribution in [3.05, 3.63) is 41.5 Å². The van der Waals surface area contributed by atoms with E-state index in [-0.39, 0.29) is 24.3 Å². The van der Waals surface area contributed by atoms with Crippen molar-refractivity contribution >= 4 is 5.91 Å². The number of fused-ring (bicyclic) bond motifs is 1. The number of nitrogens with one attached hydrogen (secondary N) is 1. The van der Waals surface area contributed by atoms with E-state index in [1.807, 2.05) is 24.3 Å². The van der Waals surface area contributed by atoms with Crippen LogP contribution in [0.25, 0.3) is 0 Å². The first kappa shape index (κ1) is 22.6. The topological polar surface area (TPSA) is 75.3 Å². The number of hydrogen-bond donors (Lipinski definition) is 1. The van der Waals surface area contributed by atoms with Crippen molar-refractivity contribution in [2.45, 2.75) is 32.7 Å². The Hall–Kier alpha value is -3.09. The lowest BCUT2D eigenvalue weighted by atomic mass is 9.95. The van der Waals surface area contributed by atoms with Gasteiger partial charge in [0.15, 0.2) is 23.0 Å². The molecule has 1 N–H and O–H groups in total. The number of ether oxygens (including phenoxy) is 5. The van der Waals surface area contributed by atoms with Gasteiger partial charge in [-0.1, -0.05) is 26.0 Å². The highest BCUT2D eigenvalue weighted by Crippen LogP contribution is 2.40. The minimum atomic E-state index is -0.171. The minimum Gasteiger partial charge on any atom is -0.493 e. The van der Waals surface area contributed by atoms with E-state index < -0.39 is 0 Å². The zero-order valence-electron chi connectivity index (χ0n) is 18.8. The van der Waals surface area contributed by atoms with Crippen LogP contribution >= 0.6 is 0 Å². The van der Waals surface area contributed by atoms with Gasteiger partial charge < -0.3 is 29.0 Å². The quantitative estimate of drug-likeness (QED) is 0.685. The lowest BCUT2D eigenvalue weighted by Crippen LogP contribution is -2.33. The van der Waals surface area contributed by atoms with Gasteiger partial charge in [-0.3, -0.25) is 4.79 Å². The smallest absolute Gasteiger partial charge is 0.225 e. The molecule has 31 heavy (non-hydrogen) atoms. The van der Waals surface area contributed by atoms with Crippen LogP contribution in [0.15, 0.2) is 30.3 Å². The Morgan fingerprint density at radius 1 is 0.968 bits per heavy atom. The SMILES string of the molecule is COc1ccc(CC(=O)NC(c2ccc3c(c2)OCCCO3)C(C)C)c(OC)c1OC. The largest absolute Gasteiger partial charge is 0.493 e. The van der Waals surface area contributed by atoms with Gasteiger partial charge in [-0.15, -0.1) is 0 Å². The van der Waals surface area contributed by atoms with E-state index >= 15 is 0 Å². The predicted molar refractivity (Wildman–Crippen MR) is 118 cm³/mol. The third-order valence-electron chi connectivity index (χ3n) is 5.25. The van der Waals surface area contributed by atoms with E-state index in [2.05, 4.69) is 19.2 Å². The Kier molecular flexibility index (Phi) is 7.50. The fourth-order valence-corrected chi connectivity index (χ4v) is 3.71. The Bertz CT molecular complexity index is 911. The molecule has 1 aliphatic heterocycles. The number of carbonyl (C=O) groups excluding carboxylic acids is 1. The Labute approximate surface area is 183 Å². The van der Waals surface area contributed by atoms with Gasteiger partial charge in [-0.2, -0.15) is 0 Å². The van der Waals surface area contributed by atoms with Crippen molar-refractivity contribution < 1.29 is 28.5 Å². The van der Waals surface area contributed by atoms with E-state index in [1.54, 1.807) is 27.4 Å². The number of rotatable bonds is 8. The molecule has 1 heterocycles. The number of carbonyl (C=O) groups is 1. The molecule has 0 radical (unpaired) electrons. The summed E-state index contributed by atoms with van der Waals surface area (Å²) in [5, 5.41) is 3.16. The molecular weight excluding hydrogens is 398 g/mol. The highest BCUT2D eigenvalue weighted by molar-refractivity contribution is 5.80. The van der Waals surface area contributed by atoms with Crippen molar-refractivity contribution in [3.63, 3.8) is 0 Å². The van der Waals surface area contributed by atoms with E-state index in [4.69, 9.17) is 23.7 Å². The Morgan fingerprint density at radius 2 is 1.68 bits per heavy atom. The van der Waals surface area contributed by atoms with Gasteiger partial charge in [0.2, 0.25) is 11.7 Å². The second kappa shape index (κ2) is 10.3. The van der Waals surface area contributed by atoms with Gasteiger partial charge in [-0.25, -0.2) is 0 Å². The first-order valence-corrected chi connectivity index (χ1v) is 10.4. The molecular formula is C24H31NO6. The number of benzene rings is 2. The van der Waals surface area contributed by atoms with Gasteiger partial charge in [0.1, 0.15) is 0 Å².